The summed E-state index contributed by atoms with van der Waals surface area (Å²) in [6, 6.07) is 11.7. The van der Waals surface area contributed by atoms with Gasteiger partial charge in [0.25, 0.3) is 11.7 Å². The fourth-order valence-corrected chi connectivity index (χ4v) is 5.17. The summed E-state index contributed by atoms with van der Waals surface area (Å²) >= 11 is 0. The molecule has 1 unspecified atom stereocenters. The van der Waals surface area contributed by atoms with Crippen LogP contribution in [0, 0.1) is 0 Å². The molecule has 1 saturated heterocycles. The van der Waals surface area contributed by atoms with Crippen molar-refractivity contribution in [2.24, 2.45) is 0 Å². The van der Waals surface area contributed by atoms with Crippen molar-refractivity contribution in [3.05, 3.63) is 59.2 Å². The number of methoxy groups -OCH3 is 1. The van der Waals surface area contributed by atoms with Crippen molar-refractivity contribution < 1.29 is 28.9 Å². The number of ether oxygens (including phenoxy) is 3. The molecule has 2 aromatic rings. The highest BCUT2D eigenvalue weighted by Crippen LogP contribution is 2.42. The van der Waals surface area contributed by atoms with Crippen molar-refractivity contribution >= 4 is 17.4 Å². The minimum Gasteiger partial charge on any atom is -0.507 e. The summed E-state index contributed by atoms with van der Waals surface area (Å²) < 4.78 is 17.4. The van der Waals surface area contributed by atoms with E-state index < -0.39 is 17.7 Å². The van der Waals surface area contributed by atoms with Crippen LogP contribution in [-0.2, 0) is 9.59 Å². The summed E-state index contributed by atoms with van der Waals surface area (Å²) in [4.78, 5) is 30.8. The van der Waals surface area contributed by atoms with Crippen LogP contribution in [0.5, 0.6) is 17.2 Å². The van der Waals surface area contributed by atoms with E-state index in [4.69, 9.17) is 14.2 Å². The maximum Gasteiger partial charge on any atom is 0.295 e. The summed E-state index contributed by atoms with van der Waals surface area (Å²) in [5.74, 6) is 0.305. The first kappa shape index (κ1) is 33.0. The van der Waals surface area contributed by atoms with Gasteiger partial charge in [-0.2, -0.15) is 0 Å². The molecule has 0 aromatic heterocycles. The van der Waals surface area contributed by atoms with Gasteiger partial charge < -0.3 is 29.1 Å². The average Bonchev–Trinajstić information content (AvgIpc) is 3.26. The molecule has 1 amide bonds. The minimum absolute atomic E-state index is 0.0705. The molecule has 1 heterocycles. The molecule has 0 radical (unpaired) electrons. The van der Waals surface area contributed by atoms with Gasteiger partial charge in [0.2, 0.25) is 0 Å². The molecule has 0 aliphatic carbocycles. The van der Waals surface area contributed by atoms with Gasteiger partial charge in [-0.05, 0) is 80.9 Å². The van der Waals surface area contributed by atoms with E-state index in [-0.39, 0.29) is 11.3 Å². The lowest BCUT2D eigenvalue weighted by atomic mass is 9.95. The van der Waals surface area contributed by atoms with Crippen LogP contribution in [-0.4, -0.2) is 73.1 Å². The van der Waals surface area contributed by atoms with Gasteiger partial charge >= 0.3 is 0 Å². The standard InChI is InChI=1S/C34H48N2O6/c1-6-10-12-23-42-28-19-16-26(24-29(28)40-5)31-30(32(37)25-14-17-27(18-15-25)41-22-11-7-2)33(38)34(39)36(31)21-13-20-35(8-3)9-4/h14-19,24,31,37H,6-13,20-23H2,1-5H3/b32-30+. The molecule has 42 heavy (non-hydrogen) atoms. The Hall–Kier alpha value is -3.52. The lowest BCUT2D eigenvalue weighted by molar-refractivity contribution is -0.140. The Morgan fingerprint density at radius 3 is 2.19 bits per heavy atom. The number of carbonyl (C=O) groups is 2. The molecule has 0 spiro atoms. The number of unbranched alkanes of at least 4 members (excludes halogenated alkanes) is 3. The molecule has 8 heteroatoms. The number of likely N-dealkylation sites (tertiary alicyclic amines) is 1. The molecule has 1 aliphatic heterocycles. The van der Waals surface area contributed by atoms with Gasteiger partial charge in [0.1, 0.15) is 11.5 Å². The molecule has 2 aromatic carbocycles. The van der Waals surface area contributed by atoms with Gasteiger partial charge in [-0.15, -0.1) is 0 Å². The van der Waals surface area contributed by atoms with Crippen molar-refractivity contribution in [1.82, 2.24) is 9.80 Å². The first-order chi connectivity index (χ1) is 20.4. The molecule has 1 N–H and O–H groups in total. The van der Waals surface area contributed by atoms with Crippen LogP contribution in [0.4, 0.5) is 0 Å². The van der Waals surface area contributed by atoms with E-state index in [1.165, 1.54) is 0 Å². The number of amides is 1. The normalized spacial score (nSPS) is 16.3. The maximum atomic E-state index is 13.5. The molecule has 0 saturated carbocycles. The second kappa shape index (κ2) is 16.8. The molecule has 0 bridgehead atoms. The number of nitrogens with zero attached hydrogens (tertiary/aromatic N) is 2. The number of carbonyl (C=O) groups excluding carboxylic acids is 2. The topological polar surface area (TPSA) is 88.5 Å². The van der Waals surface area contributed by atoms with Gasteiger partial charge in [0.15, 0.2) is 11.5 Å². The first-order valence-electron chi connectivity index (χ1n) is 15.4. The number of aliphatic hydroxyl groups is 1. The zero-order valence-corrected chi connectivity index (χ0v) is 26.0. The van der Waals surface area contributed by atoms with E-state index >= 15 is 0 Å². The average molecular weight is 581 g/mol. The van der Waals surface area contributed by atoms with Crippen LogP contribution in [0.1, 0.15) is 83.4 Å². The Kier molecular flexibility index (Phi) is 13.2. The molecule has 1 fully saturated rings. The highest BCUT2D eigenvalue weighted by Gasteiger charge is 2.46. The highest BCUT2D eigenvalue weighted by molar-refractivity contribution is 6.46. The number of rotatable bonds is 18. The van der Waals surface area contributed by atoms with E-state index in [0.717, 1.165) is 51.7 Å². The predicted molar refractivity (Wildman–Crippen MR) is 166 cm³/mol. The van der Waals surface area contributed by atoms with Crippen molar-refractivity contribution in [2.75, 3.05) is 46.5 Å². The third-order valence-electron chi connectivity index (χ3n) is 7.71. The van der Waals surface area contributed by atoms with E-state index in [0.29, 0.717) is 54.6 Å². The fourth-order valence-electron chi connectivity index (χ4n) is 5.17. The molecular formula is C34H48N2O6. The molecule has 3 rings (SSSR count). The smallest absolute Gasteiger partial charge is 0.295 e. The van der Waals surface area contributed by atoms with Crippen LogP contribution in [0.2, 0.25) is 0 Å². The number of hydrogen-bond donors (Lipinski definition) is 1. The Morgan fingerprint density at radius 1 is 0.857 bits per heavy atom. The summed E-state index contributed by atoms with van der Waals surface area (Å²) in [6.45, 7) is 12.6. The largest absolute Gasteiger partial charge is 0.507 e. The number of Topliss-reactive ketones (excluding diaryl/α,β-unsaturated/α-hetero) is 1. The number of benzene rings is 2. The van der Waals surface area contributed by atoms with Crippen LogP contribution in [0.3, 0.4) is 0 Å². The second-order valence-electron chi connectivity index (χ2n) is 10.6. The van der Waals surface area contributed by atoms with Crippen LogP contribution >= 0.6 is 0 Å². The zero-order chi connectivity index (χ0) is 30.5. The molecule has 1 aliphatic rings. The Labute approximate surface area is 251 Å². The van der Waals surface area contributed by atoms with E-state index in [1.54, 1.807) is 42.3 Å². The molecule has 230 valence electrons. The Bertz CT molecular complexity index is 1190. The van der Waals surface area contributed by atoms with Crippen molar-refractivity contribution in [3.63, 3.8) is 0 Å². The highest BCUT2D eigenvalue weighted by atomic mass is 16.5. The van der Waals surface area contributed by atoms with Crippen LogP contribution in [0.15, 0.2) is 48.0 Å². The van der Waals surface area contributed by atoms with Crippen LogP contribution < -0.4 is 14.2 Å². The lowest BCUT2D eigenvalue weighted by Crippen LogP contribution is -2.33. The lowest BCUT2D eigenvalue weighted by Gasteiger charge is -2.27. The van der Waals surface area contributed by atoms with E-state index in [1.807, 2.05) is 12.1 Å². The number of ketones is 1. The van der Waals surface area contributed by atoms with Crippen molar-refractivity contribution in [3.8, 4) is 17.2 Å². The third-order valence-corrected chi connectivity index (χ3v) is 7.71. The fraction of sp³-hybridized carbons (Fsp3) is 0.529. The van der Waals surface area contributed by atoms with Crippen molar-refractivity contribution in [1.29, 1.82) is 0 Å². The van der Waals surface area contributed by atoms with E-state index in [9.17, 15) is 14.7 Å². The van der Waals surface area contributed by atoms with Crippen molar-refractivity contribution in [2.45, 2.75) is 72.3 Å². The summed E-state index contributed by atoms with van der Waals surface area (Å²) in [5, 5.41) is 11.5. The maximum absolute atomic E-state index is 13.5. The Morgan fingerprint density at radius 2 is 1.55 bits per heavy atom. The van der Waals surface area contributed by atoms with Gasteiger partial charge in [-0.3, -0.25) is 9.59 Å². The predicted octanol–water partition coefficient (Wildman–Crippen LogP) is 6.60. The number of hydrogen-bond acceptors (Lipinski definition) is 7. The quantitative estimate of drug-likeness (QED) is 0.0920. The number of aliphatic hydroxyl groups excluding tert-OH is 1. The summed E-state index contributed by atoms with van der Waals surface area (Å²) in [7, 11) is 1.57. The second-order valence-corrected chi connectivity index (χ2v) is 10.6. The first-order valence-corrected chi connectivity index (χ1v) is 15.4. The van der Waals surface area contributed by atoms with Gasteiger partial charge in [-0.1, -0.05) is 53.0 Å². The zero-order valence-electron chi connectivity index (χ0n) is 26.0. The monoisotopic (exact) mass is 580 g/mol. The summed E-state index contributed by atoms with van der Waals surface area (Å²) in [5.41, 5.74) is 1.20. The minimum atomic E-state index is -0.759. The van der Waals surface area contributed by atoms with Gasteiger partial charge in [0, 0.05) is 12.1 Å². The van der Waals surface area contributed by atoms with Gasteiger partial charge in [0.05, 0.1) is 31.9 Å². The van der Waals surface area contributed by atoms with Crippen LogP contribution in [0.25, 0.3) is 5.76 Å². The SMILES string of the molecule is CCCCCOc1ccc(C2/C(=C(\O)c3ccc(OCCCC)cc3)C(=O)C(=O)N2CCCN(CC)CC)cc1OC. The third kappa shape index (κ3) is 8.28. The van der Waals surface area contributed by atoms with Gasteiger partial charge in [-0.25, -0.2) is 0 Å². The molecular weight excluding hydrogens is 532 g/mol. The Balaban J connectivity index is 1.99. The van der Waals surface area contributed by atoms with E-state index in [2.05, 4.69) is 32.6 Å². The summed E-state index contributed by atoms with van der Waals surface area (Å²) in [6.07, 6.45) is 5.80. The molecule has 1 atom stereocenters. The molecule has 8 nitrogen and oxygen atoms in total.